The number of hydrogen-bond donors (Lipinski definition) is 1. The fourth-order valence-corrected chi connectivity index (χ4v) is 1.83. The van der Waals surface area contributed by atoms with Crippen molar-refractivity contribution in [3.05, 3.63) is 21.9 Å². The zero-order valence-electron chi connectivity index (χ0n) is 7.63. The van der Waals surface area contributed by atoms with Crippen molar-refractivity contribution in [3.8, 4) is 0 Å². The van der Waals surface area contributed by atoms with Crippen LogP contribution in [0.15, 0.2) is 10.8 Å². The Bertz CT molecular complexity index is 296. The molecule has 0 aliphatic carbocycles. The first kappa shape index (κ1) is 10.5. The lowest BCUT2D eigenvalue weighted by molar-refractivity contribution is 0.0954. The first-order valence-electron chi connectivity index (χ1n) is 4.06. The molecular weight excluding hydrogens is 206 g/mol. The van der Waals surface area contributed by atoms with Gasteiger partial charge in [-0.15, -0.1) is 11.6 Å². The van der Waals surface area contributed by atoms with Crippen LogP contribution in [-0.4, -0.2) is 17.8 Å². The van der Waals surface area contributed by atoms with Crippen molar-refractivity contribution >= 4 is 28.8 Å². The molecule has 0 saturated heterocycles. The molecule has 1 aromatic heterocycles. The minimum atomic E-state index is -0.0359. The van der Waals surface area contributed by atoms with Gasteiger partial charge in [-0.3, -0.25) is 4.79 Å². The molecule has 1 heterocycles. The Labute approximate surface area is 86.9 Å². The van der Waals surface area contributed by atoms with Gasteiger partial charge in [-0.25, -0.2) is 0 Å². The van der Waals surface area contributed by atoms with Crippen LogP contribution >= 0.6 is 22.9 Å². The van der Waals surface area contributed by atoms with E-state index in [1.807, 2.05) is 24.6 Å². The molecule has 2 nitrogen and oxygen atoms in total. The van der Waals surface area contributed by atoms with Crippen molar-refractivity contribution < 1.29 is 4.79 Å². The maximum Gasteiger partial charge on any atom is 0.252 e. The third kappa shape index (κ3) is 3.01. The first-order valence-corrected chi connectivity index (χ1v) is 5.44. The van der Waals surface area contributed by atoms with Gasteiger partial charge in [0.1, 0.15) is 0 Å². The van der Waals surface area contributed by atoms with Gasteiger partial charge in [0.05, 0.1) is 5.56 Å². The number of halogens is 1. The summed E-state index contributed by atoms with van der Waals surface area (Å²) in [6.45, 7) is 4.29. The average molecular weight is 218 g/mol. The van der Waals surface area contributed by atoms with Gasteiger partial charge < -0.3 is 5.32 Å². The van der Waals surface area contributed by atoms with Crippen molar-refractivity contribution in [1.82, 2.24) is 5.32 Å². The highest BCUT2D eigenvalue weighted by Gasteiger charge is 2.09. The minimum absolute atomic E-state index is 0.0251. The van der Waals surface area contributed by atoms with E-state index < -0.39 is 0 Å². The van der Waals surface area contributed by atoms with Crippen molar-refractivity contribution in [3.63, 3.8) is 0 Å². The molecule has 0 bridgehead atoms. The van der Waals surface area contributed by atoms with E-state index in [-0.39, 0.29) is 11.3 Å². The Morgan fingerprint density at radius 2 is 2.38 bits per heavy atom. The summed E-state index contributed by atoms with van der Waals surface area (Å²) in [7, 11) is 0. The molecule has 0 aromatic carbocycles. The van der Waals surface area contributed by atoms with E-state index in [2.05, 4.69) is 5.32 Å². The average Bonchev–Trinajstić information content (AvgIpc) is 2.47. The molecule has 1 amide bonds. The zero-order chi connectivity index (χ0) is 9.84. The van der Waals surface area contributed by atoms with Crippen LogP contribution in [0, 0.1) is 6.92 Å². The second-order valence-corrected chi connectivity index (χ2v) is 4.45. The van der Waals surface area contributed by atoms with Gasteiger partial charge in [-0.2, -0.15) is 11.3 Å². The quantitative estimate of drug-likeness (QED) is 0.775. The van der Waals surface area contributed by atoms with Crippen LogP contribution in [0.1, 0.15) is 22.8 Å². The third-order valence-corrected chi connectivity index (χ3v) is 2.66. The molecular formula is C9H12ClNOS. The predicted octanol–water partition coefficient (Wildman–Crippen LogP) is 2.41. The van der Waals surface area contributed by atoms with Crippen LogP contribution in [0.5, 0.6) is 0 Å². The number of amides is 1. The number of carbonyl (C=O) groups excluding carboxylic acids is 1. The number of hydrogen-bond acceptors (Lipinski definition) is 2. The maximum absolute atomic E-state index is 11.5. The lowest BCUT2D eigenvalue weighted by Gasteiger charge is -2.05. The topological polar surface area (TPSA) is 29.1 Å². The Morgan fingerprint density at radius 1 is 1.69 bits per heavy atom. The highest BCUT2D eigenvalue weighted by molar-refractivity contribution is 7.08. The molecule has 0 fully saturated rings. The number of aryl methyl sites for hydroxylation is 1. The van der Waals surface area contributed by atoms with Gasteiger partial charge in [0.15, 0.2) is 0 Å². The Hall–Kier alpha value is -0.540. The molecule has 1 unspecified atom stereocenters. The van der Waals surface area contributed by atoms with Crippen molar-refractivity contribution in [1.29, 1.82) is 0 Å². The molecule has 0 aliphatic heterocycles. The first-order chi connectivity index (χ1) is 6.11. The molecule has 0 spiro atoms. The largest absolute Gasteiger partial charge is 0.351 e. The SMILES string of the molecule is Cc1cscc1C(=O)NCC(C)Cl. The summed E-state index contributed by atoms with van der Waals surface area (Å²) in [5.74, 6) is -0.0359. The summed E-state index contributed by atoms with van der Waals surface area (Å²) in [5, 5.41) is 6.54. The number of thiophene rings is 1. The lowest BCUT2D eigenvalue weighted by Crippen LogP contribution is -2.28. The number of rotatable bonds is 3. The van der Waals surface area contributed by atoms with E-state index in [1.54, 1.807) is 0 Å². The normalized spacial score (nSPS) is 12.5. The van der Waals surface area contributed by atoms with E-state index in [1.165, 1.54) is 11.3 Å². The van der Waals surface area contributed by atoms with Gasteiger partial charge in [0, 0.05) is 17.3 Å². The molecule has 0 radical (unpaired) electrons. The maximum atomic E-state index is 11.5. The zero-order valence-corrected chi connectivity index (χ0v) is 9.21. The minimum Gasteiger partial charge on any atom is -0.351 e. The van der Waals surface area contributed by atoms with Crippen molar-refractivity contribution in [2.45, 2.75) is 19.2 Å². The molecule has 0 aliphatic rings. The van der Waals surface area contributed by atoms with Crippen LogP contribution in [-0.2, 0) is 0 Å². The van der Waals surface area contributed by atoms with E-state index in [9.17, 15) is 4.79 Å². The third-order valence-electron chi connectivity index (χ3n) is 1.64. The number of carbonyl (C=O) groups is 1. The fourth-order valence-electron chi connectivity index (χ4n) is 0.922. The van der Waals surface area contributed by atoms with Crippen LogP contribution < -0.4 is 5.32 Å². The monoisotopic (exact) mass is 217 g/mol. The van der Waals surface area contributed by atoms with Gasteiger partial charge in [-0.1, -0.05) is 0 Å². The summed E-state index contributed by atoms with van der Waals surface area (Å²) in [6.07, 6.45) is 0. The van der Waals surface area contributed by atoms with Crippen LogP contribution in [0.2, 0.25) is 0 Å². The smallest absolute Gasteiger partial charge is 0.252 e. The molecule has 1 atom stereocenters. The van der Waals surface area contributed by atoms with Crippen molar-refractivity contribution in [2.24, 2.45) is 0 Å². The lowest BCUT2D eigenvalue weighted by atomic mass is 10.2. The van der Waals surface area contributed by atoms with Crippen LogP contribution in [0.25, 0.3) is 0 Å². The van der Waals surface area contributed by atoms with E-state index >= 15 is 0 Å². The summed E-state index contributed by atoms with van der Waals surface area (Å²) in [4.78, 5) is 11.5. The second kappa shape index (κ2) is 4.63. The summed E-state index contributed by atoms with van der Waals surface area (Å²) >= 11 is 7.25. The van der Waals surface area contributed by atoms with E-state index in [0.717, 1.165) is 11.1 Å². The highest BCUT2D eigenvalue weighted by atomic mass is 35.5. The predicted molar refractivity (Wildman–Crippen MR) is 56.7 cm³/mol. The summed E-state index contributed by atoms with van der Waals surface area (Å²) in [6, 6.07) is 0. The summed E-state index contributed by atoms with van der Waals surface area (Å²) in [5.41, 5.74) is 1.77. The van der Waals surface area contributed by atoms with Crippen LogP contribution in [0.3, 0.4) is 0 Å². The molecule has 1 N–H and O–H groups in total. The highest BCUT2D eigenvalue weighted by Crippen LogP contribution is 2.13. The Balaban J connectivity index is 2.54. The summed E-state index contributed by atoms with van der Waals surface area (Å²) < 4.78 is 0. The van der Waals surface area contributed by atoms with Crippen LogP contribution in [0.4, 0.5) is 0 Å². The molecule has 1 rings (SSSR count). The molecule has 13 heavy (non-hydrogen) atoms. The number of alkyl halides is 1. The molecule has 72 valence electrons. The Morgan fingerprint density at radius 3 is 2.85 bits per heavy atom. The standard InChI is InChI=1S/C9H12ClNOS/c1-6-4-13-5-8(6)9(12)11-3-7(2)10/h4-5,7H,3H2,1-2H3,(H,11,12). The molecule has 0 saturated carbocycles. The molecule has 1 aromatic rings. The second-order valence-electron chi connectivity index (χ2n) is 2.96. The van der Waals surface area contributed by atoms with Gasteiger partial charge in [0.2, 0.25) is 0 Å². The fraction of sp³-hybridized carbons (Fsp3) is 0.444. The van der Waals surface area contributed by atoms with E-state index in [0.29, 0.717) is 6.54 Å². The number of nitrogens with one attached hydrogen (secondary N) is 1. The Kier molecular flexibility index (Phi) is 3.75. The molecule has 4 heteroatoms. The van der Waals surface area contributed by atoms with Gasteiger partial charge in [0.25, 0.3) is 5.91 Å². The van der Waals surface area contributed by atoms with Gasteiger partial charge in [-0.05, 0) is 24.8 Å². The van der Waals surface area contributed by atoms with Crippen molar-refractivity contribution in [2.75, 3.05) is 6.54 Å². The van der Waals surface area contributed by atoms with E-state index in [4.69, 9.17) is 11.6 Å². The van der Waals surface area contributed by atoms with Gasteiger partial charge >= 0.3 is 0 Å².